The van der Waals surface area contributed by atoms with Crippen LogP contribution in [0.4, 0.5) is 0 Å². The Morgan fingerprint density at radius 3 is 0.833 bits per heavy atom. The third-order valence-corrected chi connectivity index (χ3v) is 0. The number of hydrogen-bond acceptors (Lipinski definition) is 0. The largest absolute Gasteiger partial charge is 0.0604 e. The summed E-state index contributed by atoms with van der Waals surface area (Å²) in [5.41, 5.74) is 0.500. The average molecular weight is 258 g/mol. The molecule has 0 fully saturated rings. The normalized spacial score (nSPS) is 10.0. The first-order valence-corrected chi connectivity index (χ1v) is 2.00. The first-order chi connectivity index (χ1) is 2.00. The summed E-state index contributed by atoms with van der Waals surface area (Å²) < 4.78 is 0. The Kier molecular flexibility index (Phi) is 4.54. The summed E-state index contributed by atoms with van der Waals surface area (Å²) in [4.78, 5) is 0. The molecular formula is C5H12Re. The molecule has 39 valence electrons. The molecule has 0 aromatic heterocycles. The van der Waals surface area contributed by atoms with Gasteiger partial charge in [-0.2, -0.15) is 0 Å². The minimum Gasteiger partial charge on any atom is -0.0604 e. The molecule has 6 heavy (non-hydrogen) atoms. The monoisotopic (exact) mass is 259 g/mol. The van der Waals surface area contributed by atoms with E-state index in [0.717, 1.165) is 0 Å². The van der Waals surface area contributed by atoms with Crippen LogP contribution in [0.2, 0.25) is 0 Å². The summed E-state index contributed by atoms with van der Waals surface area (Å²) in [5.74, 6) is 0. The van der Waals surface area contributed by atoms with E-state index < -0.39 is 0 Å². The maximum atomic E-state index is 2.19. The molecule has 0 bridgehead atoms. The van der Waals surface area contributed by atoms with Crippen molar-refractivity contribution in [3.8, 4) is 0 Å². The maximum Gasteiger partial charge on any atom is 0 e. The molecule has 0 aromatic carbocycles. The molecule has 0 N–H and O–H groups in total. The van der Waals surface area contributed by atoms with Gasteiger partial charge in [-0.3, -0.25) is 0 Å². The van der Waals surface area contributed by atoms with Gasteiger partial charge >= 0.3 is 0 Å². The van der Waals surface area contributed by atoms with Crippen LogP contribution in [-0.4, -0.2) is 0 Å². The fourth-order valence-electron chi connectivity index (χ4n) is 0. The van der Waals surface area contributed by atoms with E-state index in [4.69, 9.17) is 0 Å². The average Bonchev–Trinajstić information content (AvgIpc) is 0.722. The van der Waals surface area contributed by atoms with Crippen molar-refractivity contribution >= 4 is 0 Å². The van der Waals surface area contributed by atoms with E-state index in [1.54, 1.807) is 0 Å². The topological polar surface area (TPSA) is 0 Å². The van der Waals surface area contributed by atoms with Crippen LogP contribution in [0.5, 0.6) is 0 Å². The van der Waals surface area contributed by atoms with Crippen LogP contribution < -0.4 is 0 Å². The summed E-state index contributed by atoms with van der Waals surface area (Å²) in [5, 5.41) is 0. The molecule has 0 heterocycles. The Morgan fingerprint density at radius 1 is 0.833 bits per heavy atom. The molecule has 1 radical (unpaired) electrons. The second-order valence-corrected chi connectivity index (χ2v) is 3.00. The molecule has 0 rings (SSSR count). The smallest absolute Gasteiger partial charge is 0 e. The van der Waals surface area contributed by atoms with Crippen molar-refractivity contribution in [1.29, 1.82) is 0 Å². The van der Waals surface area contributed by atoms with Crippen LogP contribution >= 0.6 is 0 Å². The zero-order chi connectivity index (χ0) is 4.50. The molecule has 0 aliphatic rings. The molecule has 0 spiro atoms. The van der Waals surface area contributed by atoms with Crippen molar-refractivity contribution in [2.45, 2.75) is 27.7 Å². The predicted octanol–water partition coefficient (Wildman–Crippen LogP) is 2.05. The molecule has 0 aliphatic heterocycles. The Morgan fingerprint density at radius 2 is 0.833 bits per heavy atom. The standard InChI is InChI=1S/C5H12.Re/c1-5(2,3)4;/h1-4H3;. The molecule has 0 unspecified atom stereocenters. The molecule has 0 atom stereocenters. The van der Waals surface area contributed by atoms with Crippen LogP contribution in [0.25, 0.3) is 0 Å². The second-order valence-electron chi connectivity index (χ2n) is 3.00. The van der Waals surface area contributed by atoms with Gasteiger partial charge in [-0.1, -0.05) is 27.7 Å². The summed E-state index contributed by atoms with van der Waals surface area (Å²) in [6, 6.07) is 0. The van der Waals surface area contributed by atoms with Crippen molar-refractivity contribution in [3.05, 3.63) is 0 Å². The summed E-state index contributed by atoms with van der Waals surface area (Å²) in [7, 11) is 0. The Balaban J connectivity index is 0. The van der Waals surface area contributed by atoms with E-state index >= 15 is 0 Å². The van der Waals surface area contributed by atoms with Gasteiger partial charge in [0, 0.05) is 20.4 Å². The predicted molar refractivity (Wildman–Crippen MR) is 25.1 cm³/mol. The summed E-state index contributed by atoms with van der Waals surface area (Å²) in [6.45, 7) is 8.75. The van der Waals surface area contributed by atoms with E-state index in [1.807, 2.05) is 0 Å². The zero-order valence-corrected chi connectivity index (χ0v) is 7.59. The van der Waals surface area contributed by atoms with E-state index in [-0.39, 0.29) is 20.4 Å². The van der Waals surface area contributed by atoms with Crippen molar-refractivity contribution in [2.24, 2.45) is 5.41 Å². The molecule has 0 amide bonds. The molecule has 0 saturated heterocycles. The van der Waals surface area contributed by atoms with Gasteiger partial charge in [-0.25, -0.2) is 0 Å². The van der Waals surface area contributed by atoms with Gasteiger partial charge in [0.05, 0.1) is 0 Å². The van der Waals surface area contributed by atoms with E-state index in [9.17, 15) is 0 Å². The number of hydrogen-bond donors (Lipinski definition) is 0. The van der Waals surface area contributed by atoms with Crippen LogP contribution in [-0.2, 0) is 20.4 Å². The minimum atomic E-state index is 0. The zero-order valence-electron chi connectivity index (χ0n) is 4.88. The Bertz CT molecular complexity index is 19.4. The van der Waals surface area contributed by atoms with Crippen LogP contribution in [0, 0.1) is 5.41 Å². The molecule has 0 nitrogen and oxygen atoms in total. The summed E-state index contributed by atoms with van der Waals surface area (Å²) >= 11 is 0. The van der Waals surface area contributed by atoms with E-state index in [2.05, 4.69) is 27.7 Å². The van der Waals surface area contributed by atoms with Crippen molar-refractivity contribution in [1.82, 2.24) is 0 Å². The van der Waals surface area contributed by atoms with Crippen LogP contribution in [0.1, 0.15) is 27.7 Å². The minimum absolute atomic E-state index is 0. The molecule has 0 aromatic rings. The Hall–Kier alpha value is 0.662. The first-order valence-electron chi connectivity index (χ1n) is 2.00. The van der Waals surface area contributed by atoms with Gasteiger partial charge in [0.25, 0.3) is 0 Å². The van der Waals surface area contributed by atoms with Crippen LogP contribution in [0.3, 0.4) is 0 Å². The maximum absolute atomic E-state index is 2.19. The van der Waals surface area contributed by atoms with Crippen molar-refractivity contribution < 1.29 is 20.4 Å². The fourth-order valence-corrected chi connectivity index (χ4v) is 0. The molecule has 0 saturated carbocycles. The van der Waals surface area contributed by atoms with Gasteiger partial charge in [0.1, 0.15) is 0 Å². The van der Waals surface area contributed by atoms with Crippen molar-refractivity contribution in [2.75, 3.05) is 0 Å². The van der Waals surface area contributed by atoms with Gasteiger partial charge in [0.2, 0.25) is 0 Å². The van der Waals surface area contributed by atoms with Gasteiger partial charge in [0.15, 0.2) is 0 Å². The Labute approximate surface area is 54.0 Å². The number of rotatable bonds is 0. The molecule has 1 heteroatoms. The third-order valence-electron chi connectivity index (χ3n) is 0. The van der Waals surface area contributed by atoms with Gasteiger partial charge in [-0.05, 0) is 5.41 Å². The quantitative estimate of drug-likeness (QED) is 0.624. The van der Waals surface area contributed by atoms with Crippen LogP contribution in [0.15, 0.2) is 0 Å². The summed E-state index contributed by atoms with van der Waals surface area (Å²) in [6.07, 6.45) is 0. The van der Waals surface area contributed by atoms with E-state index in [0.29, 0.717) is 5.41 Å². The van der Waals surface area contributed by atoms with E-state index in [1.165, 1.54) is 0 Å². The van der Waals surface area contributed by atoms with Gasteiger partial charge in [-0.15, -0.1) is 0 Å². The fraction of sp³-hybridized carbons (Fsp3) is 1.00. The first kappa shape index (κ1) is 9.83. The van der Waals surface area contributed by atoms with Gasteiger partial charge < -0.3 is 0 Å². The third kappa shape index (κ3) is 143. The molecular weight excluding hydrogens is 246 g/mol. The molecule has 0 aliphatic carbocycles. The van der Waals surface area contributed by atoms with Crippen molar-refractivity contribution in [3.63, 3.8) is 0 Å². The second kappa shape index (κ2) is 2.77. The SMILES string of the molecule is CC(C)(C)C.[Re].